The molecule has 0 aliphatic rings. The van der Waals surface area contributed by atoms with E-state index in [4.69, 9.17) is 11.6 Å². The highest BCUT2D eigenvalue weighted by molar-refractivity contribution is 6.31. The average Bonchev–Trinajstić information content (AvgIpc) is 2.91. The third-order valence-electron chi connectivity index (χ3n) is 4.40. The molecule has 4 rings (SSSR count). The Labute approximate surface area is 161 Å². The maximum absolute atomic E-state index is 10.8. The summed E-state index contributed by atoms with van der Waals surface area (Å²) in [6.07, 6.45) is 1.68. The van der Waals surface area contributed by atoms with Gasteiger partial charge in [0, 0.05) is 28.5 Å². The summed E-state index contributed by atoms with van der Waals surface area (Å²) in [6, 6.07) is 15.1. The molecule has 4 aromatic rings. The van der Waals surface area contributed by atoms with E-state index in [-0.39, 0.29) is 5.88 Å². The first-order valence-corrected chi connectivity index (χ1v) is 9.18. The highest BCUT2D eigenvalue weighted by Gasteiger charge is 2.17. The zero-order chi connectivity index (χ0) is 19.0. The lowest BCUT2D eigenvalue weighted by molar-refractivity contribution is 0.401. The molecule has 5 nitrogen and oxygen atoms in total. The Morgan fingerprint density at radius 3 is 2.70 bits per heavy atom. The van der Waals surface area contributed by atoms with E-state index in [1.807, 2.05) is 34.9 Å². The Balaban J connectivity index is 1.84. The van der Waals surface area contributed by atoms with Crippen molar-refractivity contribution in [2.24, 2.45) is 16.1 Å². The summed E-state index contributed by atoms with van der Waals surface area (Å²) in [5, 5.41) is 21.9. The van der Waals surface area contributed by atoms with Crippen LogP contribution >= 0.6 is 11.6 Å². The number of fused-ring (bicyclic) bond motifs is 2. The van der Waals surface area contributed by atoms with Crippen LogP contribution in [0.4, 0.5) is 11.4 Å². The van der Waals surface area contributed by atoms with Crippen molar-refractivity contribution in [3.8, 4) is 5.88 Å². The van der Waals surface area contributed by atoms with Crippen LogP contribution in [0.2, 0.25) is 5.02 Å². The van der Waals surface area contributed by atoms with Gasteiger partial charge in [0.25, 0.3) is 0 Å². The van der Waals surface area contributed by atoms with Gasteiger partial charge in [-0.25, -0.2) is 0 Å². The van der Waals surface area contributed by atoms with E-state index in [1.54, 1.807) is 24.4 Å². The molecule has 0 atom stereocenters. The van der Waals surface area contributed by atoms with Gasteiger partial charge >= 0.3 is 0 Å². The Hall–Kier alpha value is -2.92. The second kappa shape index (κ2) is 7.00. The first kappa shape index (κ1) is 17.5. The van der Waals surface area contributed by atoms with Crippen molar-refractivity contribution in [3.63, 3.8) is 0 Å². The zero-order valence-corrected chi connectivity index (χ0v) is 15.9. The molecule has 2 heterocycles. The number of hydrogen-bond donors (Lipinski definition) is 1. The maximum atomic E-state index is 10.8. The number of pyridine rings is 1. The molecule has 6 heteroatoms. The van der Waals surface area contributed by atoms with Crippen molar-refractivity contribution in [2.75, 3.05) is 0 Å². The molecule has 1 N–H and O–H groups in total. The number of aromatic hydroxyl groups is 1. The summed E-state index contributed by atoms with van der Waals surface area (Å²) in [4.78, 5) is 4.32. The molecule has 2 aromatic heterocycles. The number of benzene rings is 2. The van der Waals surface area contributed by atoms with Gasteiger partial charge in [0.15, 0.2) is 5.69 Å². The van der Waals surface area contributed by atoms with Crippen molar-refractivity contribution >= 4 is 44.8 Å². The molecule has 0 unspecified atom stereocenters. The van der Waals surface area contributed by atoms with Crippen molar-refractivity contribution in [2.45, 2.75) is 20.4 Å². The summed E-state index contributed by atoms with van der Waals surface area (Å²) >= 11 is 6.04. The van der Waals surface area contributed by atoms with E-state index in [9.17, 15) is 5.11 Å². The van der Waals surface area contributed by atoms with Gasteiger partial charge in [0.2, 0.25) is 5.88 Å². The van der Waals surface area contributed by atoms with Gasteiger partial charge in [-0.2, -0.15) is 0 Å². The summed E-state index contributed by atoms with van der Waals surface area (Å²) in [6.45, 7) is 4.94. The second-order valence-corrected chi connectivity index (χ2v) is 7.32. The van der Waals surface area contributed by atoms with Crippen molar-refractivity contribution in [1.82, 2.24) is 9.55 Å². The van der Waals surface area contributed by atoms with Gasteiger partial charge in [-0.05, 0) is 36.2 Å². The molecule has 0 spiro atoms. The quantitative estimate of drug-likeness (QED) is 0.405. The monoisotopic (exact) mass is 378 g/mol. The SMILES string of the molecule is CC(C)Cn1c(O)c(N=Nc2ccnc3cc(Cl)ccc23)c2ccccc21. The number of hydrogen-bond acceptors (Lipinski definition) is 4. The zero-order valence-electron chi connectivity index (χ0n) is 15.1. The van der Waals surface area contributed by atoms with Gasteiger partial charge in [-0.3, -0.25) is 4.98 Å². The van der Waals surface area contributed by atoms with E-state index >= 15 is 0 Å². The maximum Gasteiger partial charge on any atom is 0.220 e. The van der Waals surface area contributed by atoms with E-state index in [0.29, 0.717) is 28.9 Å². The highest BCUT2D eigenvalue weighted by Crippen LogP contribution is 2.40. The minimum Gasteiger partial charge on any atom is -0.493 e. The van der Waals surface area contributed by atoms with Crippen LogP contribution in [-0.2, 0) is 6.54 Å². The van der Waals surface area contributed by atoms with Crippen LogP contribution < -0.4 is 0 Å². The molecule has 0 saturated carbocycles. The molecule has 0 radical (unpaired) electrons. The Morgan fingerprint density at radius 1 is 1.07 bits per heavy atom. The predicted octanol–water partition coefficient (Wildman–Crippen LogP) is 6.62. The van der Waals surface area contributed by atoms with Crippen LogP contribution in [0.25, 0.3) is 21.8 Å². The van der Waals surface area contributed by atoms with Crippen LogP contribution in [0, 0.1) is 5.92 Å². The molecule has 136 valence electrons. The number of halogens is 1. The standard InChI is InChI=1S/C21H19ClN4O/c1-13(2)12-26-19-6-4-3-5-16(19)20(21(26)27)25-24-17-9-10-23-18-11-14(22)7-8-15(17)18/h3-11,13,27H,12H2,1-2H3. The van der Waals surface area contributed by atoms with Crippen molar-refractivity contribution in [3.05, 3.63) is 59.8 Å². The summed E-state index contributed by atoms with van der Waals surface area (Å²) in [5.74, 6) is 0.528. The number of azo groups is 1. The lowest BCUT2D eigenvalue weighted by atomic mass is 10.2. The van der Waals surface area contributed by atoms with E-state index in [1.165, 1.54) is 0 Å². The third-order valence-corrected chi connectivity index (χ3v) is 4.64. The molecule has 2 aromatic carbocycles. The van der Waals surface area contributed by atoms with Crippen LogP contribution in [0.3, 0.4) is 0 Å². The lowest BCUT2D eigenvalue weighted by Gasteiger charge is -2.09. The second-order valence-electron chi connectivity index (χ2n) is 6.89. The Morgan fingerprint density at radius 2 is 1.89 bits per heavy atom. The van der Waals surface area contributed by atoms with Gasteiger partial charge in [-0.15, -0.1) is 10.2 Å². The number of nitrogens with zero attached hydrogens (tertiary/aromatic N) is 4. The predicted molar refractivity (Wildman–Crippen MR) is 109 cm³/mol. The normalized spacial score (nSPS) is 12.0. The molecular formula is C21H19ClN4O. The molecule has 0 aliphatic heterocycles. The lowest BCUT2D eigenvalue weighted by Crippen LogP contribution is -2.03. The van der Waals surface area contributed by atoms with E-state index < -0.39 is 0 Å². The van der Waals surface area contributed by atoms with Crippen LogP contribution in [0.5, 0.6) is 5.88 Å². The first-order chi connectivity index (χ1) is 13.0. The van der Waals surface area contributed by atoms with E-state index in [0.717, 1.165) is 21.8 Å². The third kappa shape index (κ3) is 3.26. The Bertz CT molecular complexity index is 1160. The smallest absolute Gasteiger partial charge is 0.220 e. The first-order valence-electron chi connectivity index (χ1n) is 8.81. The fraction of sp³-hybridized carbons (Fsp3) is 0.190. The highest BCUT2D eigenvalue weighted by atomic mass is 35.5. The molecule has 0 fully saturated rings. The average molecular weight is 379 g/mol. The summed E-state index contributed by atoms with van der Waals surface area (Å²) in [7, 11) is 0. The molecule has 0 amide bonds. The molecule has 27 heavy (non-hydrogen) atoms. The van der Waals surface area contributed by atoms with E-state index in [2.05, 4.69) is 29.1 Å². The van der Waals surface area contributed by atoms with Crippen LogP contribution in [-0.4, -0.2) is 14.7 Å². The topological polar surface area (TPSA) is 62.8 Å². The number of rotatable bonds is 4. The van der Waals surface area contributed by atoms with Gasteiger partial charge in [0.05, 0.1) is 16.7 Å². The van der Waals surface area contributed by atoms with Crippen LogP contribution in [0.1, 0.15) is 13.8 Å². The molecular weight excluding hydrogens is 360 g/mol. The fourth-order valence-corrected chi connectivity index (χ4v) is 3.38. The summed E-state index contributed by atoms with van der Waals surface area (Å²) < 4.78 is 1.89. The van der Waals surface area contributed by atoms with Crippen LogP contribution in [0.15, 0.2) is 65.0 Å². The minimum absolute atomic E-state index is 0.134. The molecule has 0 bridgehead atoms. The Kier molecular flexibility index (Phi) is 4.54. The largest absolute Gasteiger partial charge is 0.493 e. The van der Waals surface area contributed by atoms with Gasteiger partial charge in [-0.1, -0.05) is 43.6 Å². The van der Waals surface area contributed by atoms with Crippen molar-refractivity contribution < 1.29 is 5.11 Å². The molecule has 0 saturated heterocycles. The van der Waals surface area contributed by atoms with Crippen molar-refractivity contribution in [1.29, 1.82) is 0 Å². The fourth-order valence-electron chi connectivity index (χ4n) is 3.22. The van der Waals surface area contributed by atoms with Gasteiger partial charge in [0.1, 0.15) is 0 Å². The van der Waals surface area contributed by atoms with Gasteiger partial charge < -0.3 is 9.67 Å². The number of aromatic nitrogens is 2. The molecule has 0 aliphatic carbocycles. The number of para-hydroxylation sites is 1. The minimum atomic E-state index is 0.134. The summed E-state index contributed by atoms with van der Waals surface area (Å²) in [5.41, 5.74) is 2.86.